The summed E-state index contributed by atoms with van der Waals surface area (Å²) in [6.45, 7) is 0. The Bertz CT molecular complexity index is 715. The first kappa shape index (κ1) is 16.3. The quantitative estimate of drug-likeness (QED) is 0.768. The first-order chi connectivity index (χ1) is 10.8. The van der Waals surface area contributed by atoms with Gasteiger partial charge in [-0.25, -0.2) is 4.79 Å². The van der Waals surface area contributed by atoms with E-state index in [9.17, 15) is 18.0 Å². The lowest BCUT2D eigenvalue weighted by Crippen LogP contribution is -2.16. The lowest BCUT2D eigenvalue weighted by molar-refractivity contribution is -0.274. The van der Waals surface area contributed by atoms with Crippen LogP contribution in [0.5, 0.6) is 5.75 Å². The van der Waals surface area contributed by atoms with E-state index in [1.807, 2.05) is 0 Å². The summed E-state index contributed by atoms with van der Waals surface area (Å²) in [5.41, 5.74) is 0.944. The van der Waals surface area contributed by atoms with Crippen LogP contribution in [0.1, 0.15) is 0 Å². The number of hydrogen-bond donors (Lipinski definition) is 2. The number of ether oxygens (including phenoxy) is 1. The summed E-state index contributed by atoms with van der Waals surface area (Å²) >= 11 is 0. The third-order valence-electron chi connectivity index (χ3n) is 2.45. The van der Waals surface area contributed by atoms with Crippen LogP contribution in [0.2, 0.25) is 0 Å². The molecule has 0 aliphatic carbocycles. The van der Waals surface area contributed by atoms with Gasteiger partial charge in [-0.05, 0) is 36.4 Å². The highest BCUT2D eigenvalue weighted by atomic mass is 19.4. The molecule has 0 unspecified atom stereocenters. The molecular formula is C14H10F3N3O3. The van der Waals surface area contributed by atoms with Crippen molar-refractivity contribution >= 4 is 23.2 Å². The highest BCUT2D eigenvalue weighted by molar-refractivity contribution is 5.82. The second-order valence-corrected chi connectivity index (χ2v) is 4.22. The Morgan fingerprint density at radius 1 is 1.04 bits per heavy atom. The highest BCUT2D eigenvalue weighted by Crippen LogP contribution is 2.27. The predicted molar refractivity (Wildman–Crippen MR) is 75.4 cm³/mol. The van der Waals surface area contributed by atoms with Crippen molar-refractivity contribution in [3.8, 4) is 5.75 Å². The Morgan fingerprint density at radius 3 is 2.30 bits per heavy atom. The molecule has 2 aromatic rings. The lowest BCUT2D eigenvalue weighted by Gasteiger charge is -2.08. The standard InChI is InChI=1S/C14H10F3N3O3/c15-14(16,17)23-12-3-1-2-11(8-12)20-19-10-6-4-9(5-7-10)18-13(21)22/h1-8,18H,(H,21,22)/b20-19+. The van der Waals surface area contributed by atoms with Gasteiger partial charge in [0.25, 0.3) is 0 Å². The van der Waals surface area contributed by atoms with Crippen LogP contribution in [0.15, 0.2) is 58.8 Å². The third kappa shape index (κ3) is 5.65. The van der Waals surface area contributed by atoms with Gasteiger partial charge in [-0.15, -0.1) is 13.2 Å². The van der Waals surface area contributed by atoms with E-state index < -0.39 is 18.2 Å². The van der Waals surface area contributed by atoms with Gasteiger partial charge in [0.2, 0.25) is 0 Å². The van der Waals surface area contributed by atoms with Gasteiger partial charge in [-0.1, -0.05) is 6.07 Å². The molecule has 2 aromatic carbocycles. The zero-order chi connectivity index (χ0) is 16.9. The van der Waals surface area contributed by atoms with Gasteiger partial charge in [0.15, 0.2) is 0 Å². The van der Waals surface area contributed by atoms with E-state index in [4.69, 9.17) is 5.11 Å². The molecule has 6 nitrogen and oxygen atoms in total. The van der Waals surface area contributed by atoms with Gasteiger partial charge >= 0.3 is 12.5 Å². The van der Waals surface area contributed by atoms with E-state index in [1.54, 1.807) is 0 Å². The Hall–Kier alpha value is -3.10. The molecule has 2 N–H and O–H groups in total. The largest absolute Gasteiger partial charge is 0.573 e. The SMILES string of the molecule is O=C(O)Nc1ccc(/N=N/c2cccc(OC(F)(F)F)c2)cc1. The third-order valence-corrected chi connectivity index (χ3v) is 2.45. The Labute approximate surface area is 128 Å². The first-order valence-corrected chi connectivity index (χ1v) is 6.19. The summed E-state index contributed by atoms with van der Waals surface area (Å²) in [4.78, 5) is 10.5. The number of hydrogen-bond acceptors (Lipinski definition) is 4. The minimum Gasteiger partial charge on any atom is -0.465 e. The summed E-state index contributed by atoms with van der Waals surface area (Å²) in [6, 6.07) is 11.0. The minimum atomic E-state index is -4.78. The average Bonchev–Trinajstić information content (AvgIpc) is 2.44. The van der Waals surface area contributed by atoms with E-state index in [1.165, 1.54) is 36.4 Å². The van der Waals surface area contributed by atoms with Crippen molar-refractivity contribution in [3.63, 3.8) is 0 Å². The fraction of sp³-hybridized carbons (Fsp3) is 0.0714. The molecule has 0 atom stereocenters. The molecule has 0 radical (unpaired) electrons. The van der Waals surface area contributed by atoms with Gasteiger partial charge < -0.3 is 9.84 Å². The maximum Gasteiger partial charge on any atom is 0.573 e. The maximum absolute atomic E-state index is 12.1. The number of carboxylic acid groups (broad SMARTS) is 1. The van der Waals surface area contributed by atoms with E-state index >= 15 is 0 Å². The van der Waals surface area contributed by atoms with Crippen molar-refractivity contribution in [2.75, 3.05) is 5.32 Å². The molecule has 0 aliphatic rings. The lowest BCUT2D eigenvalue weighted by atomic mass is 10.3. The molecule has 120 valence electrons. The average molecular weight is 325 g/mol. The van der Waals surface area contributed by atoms with Crippen molar-refractivity contribution in [3.05, 3.63) is 48.5 Å². The van der Waals surface area contributed by atoms with E-state index in [0.29, 0.717) is 11.4 Å². The van der Waals surface area contributed by atoms with Crippen LogP contribution in [0.4, 0.5) is 35.0 Å². The highest BCUT2D eigenvalue weighted by Gasteiger charge is 2.31. The van der Waals surface area contributed by atoms with Crippen molar-refractivity contribution in [2.45, 2.75) is 6.36 Å². The van der Waals surface area contributed by atoms with E-state index in [0.717, 1.165) is 12.1 Å². The summed E-state index contributed by atoms with van der Waals surface area (Å²) in [5.74, 6) is -0.394. The number of nitrogens with one attached hydrogen (secondary N) is 1. The zero-order valence-electron chi connectivity index (χ0n) is 11.4. The smallest absolute Gasteiger partial charge is 0.465 e. The number of halogens is 3. The predicted octanol–water partition coefficient (Wildman–Crippen LogP) is 5.09. The van der Waals surface area contributed by atoms with Crippen LogP contribution >= 0.6 is 0 Å². The summed E-state index contributed by atoms with van der Waals surface area (Å²) < 4.78 is 40.2. The molecule has 0 fully saturated rings. The number of amides is 1. The second kappa shape index (κ2) is 6.77. The topological polar surface area (TPSA) is 83.3 Å². The number of rotatable bonds is 4. The van der Waals surface area contributed by atoms with Gasteiger partial charge in [0.1, 0.15) is 5.75 Å². The molecule has 0 saturated heterocycles. The molecular weight excluding hydrogens is 315 g/mol. The molecule has 0 bridgehead atoms. The normalized spacial score (nSPS) is 11.4. The monoisotopic (exact) mass is 325 g/mol. The van der Waals surface area contributed by atoms with Crippen molar-refractivity contribution in [2.24, 2.45) is 10.2 Å². The Kier molecular flexibility index (Phi) is 4.79. The Morgan fingerprint density at radius 2 is 1.70 bits per heavy atom. The number of anilines is 1. The fourth-order valence-electron chi connectivity index (χ4n) is 1.59. The maximum atomic E-state index is 12.1. The molecule has 0 aromatic heterocycles. The van der Waals surface area contributed by atoms with Crippen LogP contribution in [0.3, 0.4) is 0 Å². The first-order valence-electron chi connectivity index (χ1n) is 6.19. The van der Waals surface area contributed by atoms with E-state index in [-0.39, 0.29) is 5.69 Å². The summed E-state index contributed by atoms with van der Waals surface area (Å²) in [6.07, 6.45) is -5.97. The van der Waals surface area contributed by atoms with Gasteiger partial charge in [0, 0.05) is 11.8 Å². The van der Waals surface area contributed by atoms with Crippen LogP contribution in [-0.2, 0) is 0 Å². The number of azo groups is 1. The molecule has 0 saturated carbocycles. The molecule has 0 spiro atoms. The van der Waals surface area contributed by atoms with Crippen molar-refractivity contribution in [1.82, 2.24) is 0 Å². The van der Waals surface area contributed by atoms with Crippen LogP contribution < -0.4 is 10.1 Å². The number of benzene rings is 2. The number of nitrogens with zero attached hydrogens (tertiary/aromatic N) is 2. The Balaban J connectivity index is 2.08. The molecule has 2 rings (SSSR count). The van der Waals surface area contributed by atoms with Crippen LogP contribution in [0.25, 0.3) is 0 Å². The molecule has 0 heterocycles. The molecule has 9 heteroatoms. The van der Waals surface area contributed by atoms with Crippen LogP contribution in [0, 0.1) is 0 Å². The van der Waals surface area contributed by atoms with Crippen molar-refractivity contribution in [1.29, 1.82) is 0 Å². The zero-order valence-corrected chi connectivity index (χ0v) is 11.4. The number of carbonyl (C=O) groups is 1. The van der Waals surface area contributed by atoms with Gasteiger partial charge in [-0.2, -0.15) is 10.2 Å². The minimum absolute atomic E-state index is 0.180. The van der Waals surface area contributed by atoms with Crippen LogP contribution in [-0.4, -0.2) is 17.6 Å². The second-order valence-electron chi connectivity index (χ2n) is 4.22. The van der Waals surface area contributed by atoms with Gasteiger partial charge in [0.05, 0.1) is 11.4 Å². The fourth-order valence-corrected chi connectivity index (χ4v) is 1.59. The van der Waals surface area contributed by atoms with E-state index in [2.05, 4.69) is 20.3 Å². The summed E-state index contributed by atoms with van der Waals surface area (Å²) in [5, 5.41) is 18.4. The van der Waals surface area contributed by atoms with Crippen molar-refractivity contribution < 1.29 is 27.8 Å². The molecule has 23 heavy (non-hydrogen) atoms. The molecule has 1 amide bonds. The van der Waals surface area contributed by atoms with Gasteiger partial charge in [-0.3, -0.25) is 5.32 Å². The molecule has 0 aliphatic heterocycles. The number of alkyl halides is 3. The summed E-state index contributed by atoms with van der Waals surface area (Å²) in [7, 11) is 0.